The van der Waals surface area contributed by atoms with Gasteiger partial charge in [-0.25, -0.2) is 4.68 Å². The number of tetrazole rings is 1. The molecule has 145 valence electrons. The Morgan fingerprint density at radius 2 is 1.72 bits per heavy atom. The molecule has 0 aliphatic heterocycles. The van der Waals surface area contributed by atoms with Crippen LogP contribution in [0.5, 0.6) is 0 Å². The fourth-order valence-corrected chi connectivity index (χ4v) is 3.52. The molecule has 2 aromatic heterocycles. The molecule has 6 nitrogen and oxygen atoms in total. The molecule has 29 heavy (non-hydrogen) atoms. The molecule has 0 bridgehead atoms. The Morgan fingerprint density at radius 3 is 2.48 bits per heavy atom. The molecule has 0 amide bonds. The summed E-state index contributed by atoms with van der Waals surface area (Å²) in [5, 5.41) is 12.4. The third-order valence-electron chi connectivity index (χ3n) is 4.78. The van der Waals surface area contributed by atoms with Gasteiger partial charge in [-0.3, -0.25) is 4.98 Å². The SMILES string of the molecule is Cc1cc(-c2ccccc2)cc(C)c1-n1nnnc1-c1[c-]cc2ncoc2c1.[Ir]. The smallest absolute Gasteiger partial charge is 0.170 e. The first kappa shape index (κ1) is 19.2. The van der Waals surface area contributed by atoms with E-state index >= 15 is 0 Å². The molecule has 2 heterocycles. The van der Waals surface area contributed by atoms with Gasteiger partial charge < -0.3 is 4.42 Å². The zero-order valence-corrected chi connectivity index (χ0v) is 18.1. The zero-order chi connectivity index (χ0) is 19.1. The summed E-state index contributed by atoms with van der Waals surface area (Å²) in [6.07, 6.45) is 1.42. The molecule has 0 aliphatic carbocycles. The second-order valence-corrected chi connectivity index (χ2v) is 6.69. The van der Waals surface area contributed by atoms with Crippen LogP contribution in [0.2, 0.25) is 0 Å². The van der Waals surface area contributed by atoms with Gasteiger partial charge in [0.25, 0.3) is 0 Å². The van der Waals surface area contributed by atoms with Crippen LogP contribution in [0.15, 0.2) is 65.4 Å². The molecule has 5 rings (SSSR count). The number of nitrogens with zero attached hydrogens (tertiary/aromatic N) is 5. The van der Waals surface area contributed by atoms with Crippen LogP contribution in [0.25, 0.3) is 39.3 Å². The maximum absolute atomic E-state index is 5.41. The fraction of sp³-hybridized carbons (Fsp3) is 0.0909. The van der Waals surface area contributed by atoms with Gasteiger partial charge in [0.15, 0.2) is 6.39 Å². The topological polar surface area (TPSA) is 69.6 Å². The van der Waals surface area contributed by atoms with Gasteiger partial charge in [0.05, 0.1) is 11.3 Å². The monoisotopic (exact) mass is 559 g/mol. The maximum atomic E-state index is 5.41. The number of aryl methyl sites for hydroxylation is 2. The minimum absolute atomic E-state index is 0. The van der Waals surface area contributed by atoms with E-state index < -0.39 is 0 Å². The molecule has 0 spiro atoms. The predicted octanol–water partition coefficient (Wildman–Crippen LogP) is 4.55. The van der Waals surface area contributed by atoms with Crippen LogP contribution in [-0.4, -0.2) is 25.2 Å². The van der Waals surface area contributed by atoms with Crippen molar-refractivity contribution >= 4 is 11.1 Å². The van der Waals surface area contributed by atoms with E-state index in [1.54, 1.807) is 10.7 Å². The maximum Gasteiger partial charge on any atom is 0.170 e. The van der Waals surface area contributed by atoms with E-state index in [4.69, 9.17) is 4.42 Å². The summed E-state index contributed by atoms with van der Waals surface area (Å²) in [6, 6.07) is 21.5. The first-order chi connectivity index (χ1) is 13.7. The Hall–Kier alpha value is -3.15. The standard InChI is InChI=1S/C22H16N5O.Ir/c1-14-10-18(16-6-4-3-5-7-16)11-15(2)21(14)27-22(24-25-26-27)17-8-9-19-20(12-17)28-13-23-19;/h3-7,9-13H,1-2H3;/q-1;. The van der Waals surface area contributed by atoms with E-state index in [0.717, 1.165) is 27.9 Å². The van der Waals surface area contributed by atoms with E-state index in [1.165, 1.54) is 17.5 Å². The number of hydrogen-bond donors (Lipinski definition) is 0. The van der Waals surface area contributed by atoms with Crippen molar-refractivity contribution < 1.29 is 24.5 Å². The van der Waals surface area contributed by atoms with Gasteiger partial charge in [0.2, 0.25) is 0 Å². The quantitative estimate of drug-likeness (QED) is 0.304. The number of fused-ring (bicyclic) bond motifs is 1. The average Bonchev–Trinajstić information content (AvgIpc) is 3.37. The van der Waals surface area contributed by atoms with Crippen LogP contribution < -0.4 is 0 Å². The first-order valence-electron chi connectivity index (χ1n) is 8.91. The van der Waals surface area contributed by atoms with E-state index in [-0.39, 0.29) is 20.1 Å². The molecule has 0 saturated carbocycles. The van der Waals surface area contributed by atoms with Crippen LogP contribution in [0, 0.1) is 19.9 Å². The molecule has 5 aromatic rings. The molecule has 0 saturated heterocycles. The van der Waals surface area contributed by atoms with Crippen LogP contribution in [-0.2, 0) is 20.1 Å². The van der Waals surface area contributed by atoms with Gasteiger partial charge in [-0.2, -0.15) is 5.10 Å². The first-order valence-corrected chi connectivity index (χ1v) is 8.91. The summed E-state index contributed by atoms with van der Waals surface area (Å²) in [6.45, 7) is 4.15. The van der Waals surface area contributed by atoms with Crippen molar-refractivity contribution in [3.8, 4) is 28.2 Å². The second kappa shape index (κ2) is 7.70. The van der Waals surface area contributed by atoms with E-state index in [9.17, 15) is 0 Å². The zero-order valence-electron chi connectivity index (χ0n) is 15.8. The number of aromatic nitrogens is 5. The van der Waals surface area contributed by atoms with Crippen LogP contribution in [0.3, 0.4) is 0 Å². The molecule has 0 N–H and O–H groups in total. The van der Waals surface area contributed by atoms with Gasteiger partial charge in [0, 0.05) is 25.6 Å². The summed E-state index contributed by atoms with van der Waals surface area (Å²) >= 11 is 0. The van der Waals surface area contributed by atoms with Gasteiger partial charge >= 0.3 is 0 Å². The van der Waals surface area contributed by atoms with Crippen LogP contribution in [0.1, 0.15) is 11.1 Å². The third kappa shape index (κ3) is 3.39. The van der Waals surface area contributed by atoms with Crippen molar-refractivity contribution in [2.45, 2.75) is 13.8 Å². The van der Waals surface area contributed by atoms with E-state index in [1.807, 2.05) is 24.3 Å². The minimum Gasteiger partial charge on any atom is -0.464 e. The molecule has 3 aromatic carbocycles. The van der Waals surface area contributed by atoms with Crippen molar-refractivity contribution in [3.05, 3.63) is 78.2 Å². The number of oxazole rings is 1. The minimum atomic E-state index is 0. The second-order valence-electron chi connectivity index (χ2n) is 6.69. The van der Waals surface area contributed by atoms with Crippen molar-refractivity contribution in [2.24, 2.45) is 0 Å². The summed E-state index contributed by atoms with van der Waals surface area (Å²) in [5.41, 5.74) is 7.68. The van der Waals surface area contributed by atoms with E-state index in [0.29, 0.717) is 11.4 Å². The predicted molar refractivity (Wildman–Crippen MR) is 106 cm³/mol. The molecular formula is C22H16IrN5O-. The van der Waals surface area contributed by atoms with E-state index in [2.05, 4.69) is 64.7 Å². The number of rotatable bonds is 3. The summed E-state index contributed by atoms with van der Waals surface area (Å²) in [7, 11) is 0. The Morgan fingerprint density at radius 1 is 0.966 bits per heavy atom. The summed E-state index contributed by atoms with van der Waals surface area (Å²) in [5.74, 6) is 0.608. The molecule has 0 fully saturated rings. The normalized spacial score (nSPS) is 10.8. The van der Waals surface area contributed by atoms with Gasteiger partial charge in [-0.15, -0.1) is 17.7 Å². The van der Waals surface area contributed by atoms with Crippen molar-refractivity contribution in [2.75, 3.05) is 0 Å². The molecule has 0 unspecified atom stereocenters. The fourth-order valence-electron chi connectivity index (χ4n) is 3.52. The van der Waals surface area contributed by atoms with Crippen molar-refractivity contribution in [1.29, 1.82) is 0 Å². The van der Waals surface area contributed by atoms with Gasteiger partial charge in [0.1, 0.15) is 5.82 Å². The molecular weight excluding hydrogens is 542 g/mol. The van der Waals surface area contributed by atoms with Crippen molar-refractivity contribution in [1.82, 2.24) is 25.2 Å². The Kier molecular flexibility index (Phi) is 5.09. The Balaban J connectivity index is 0.00000205. The summed E-state index contributed by atoms with van der Waals surface area (Å²) < 4.78 is 7.16. The largest absolute Gasteiger partial charge is 0.464 e. The number of benzene rings is 3. The average molecular weight is 559 g/mol. The molecule has 0 aliphatic rings. The Labute approximate surface area is 180 Å². The Bertz CT molecular complexity index is 1270. The van der Waals surface area contributed by atoms with Gasteiger partial charge in [-0.1, -0.05) is 36.4 Å². The van der Waals surface area contributed by atoms with Crippen LogP contribution >= 0.6 is 0 Å². The summed E-state index contributed by atoms with van der Waals surface area (Å²) in [4.78, 5) is 4.13. The number of hydrogen-bond acceptors (Lipinski definition) is 5. The van der Waals surface area contributed by atoms with Crippen LogP contribution in [0.4, 0.5) is 0 Å². The third-order valence-corrected chi connectivity index (χ3v) is 4.78. The molecule has 7 heteroatoms. The van der Waals surface area contributed by atoms with Gasteiger partial charge in [-0.05, 0) is 58.7 Å². The molecule has 1 radical (unpaired) electrons. The molecule has 0 atom stereocenters. The van der Waals surface area contributed by atoms with Crippen molar-refractivity contribution in [3.63, 3.8) is 0 Å².